The van der Waals surface area contributed by atoms with Gasteiger partial charge in [-0.05, 0) is 30.3 Å². The molecule has 0 unspecified atom stereocenters. The number of nitro groups is 1. The molecule has 3 aromatic rings. The number of alkyl halides is 3. The van der Waals surface area contributed by atoms with Gasteiger partial charge in [0.25, 0.3) is 11.6 Å². The van der Waals surface area contributed by atoms with Crippen molar-refractivity contribution in [2.24, 2.45) is 0 Å². The van der Waals surface area contributed by atoms with Crippen LogP contribution in [0.1, 0.15) is 5.56 Å². The fourth-order valence-electron chi connectivity index (χ4n) is 2.48. The second-order valence-corrected chi connectivity index (χ2v) is 5.78. The van der Waals surface area contributed by atoms with Crippen LogP contribution < -0.4 is 15.7 Å². The van der Waals surface area contributed by atoms with E-state index in [0.717, 1.165) is 6.07 Å². The minimum absolute atomic E-state index is 0.196. The maximum absolute atomic E-state index is 13.0. The molecule has 0 radical (unpaired) electrons. The normalized spacial score (nSPS) is 11.3. The molecule has 0 bridgehead atoms. The molecule has 11 heteroatoms. The fourth-order valence-corrected chi connectivity index (χ4v) is 2.48. The zero-order chi connectivity index (χ0) is 21.2. The summed E-state index contributed by atoms with van der Waals surface area (Å²) in [4.78, 5) is 32.8. The number of nitrogens with one attached hydrogen (secondary N) is 1. The molecule has 0 aliphatic heterocycles. The van der Waals surface area contributed by atoms with Gasteiger partial charge in [0.1, 0.15) is 16.9 Å². The van der Waals surface area contributed by atoms with Gasteiger partial charge in [-0.15, -0.1) is 0 Å². The van der Waals surface area contributed by atoms with E-state index in [1.54, 1.807) is 12.1 Å². The van der Waals surface area contributed by atoms with E-state index in [2.05, 4.69) is 5.32 Å². The number of ether oxygens (including phenoxy) is 1. The summed E-state index contributed by atoms with van der Waals surface area (Å²) < 4.78 is 49.2. The molecule has 3 rings (SSSR count). The molecule has 29 heavy (non-hydrogen) atoms. The zero-order valence-corrected chi connectivity index (χ0v) is 14.4. The molecule has 0 aliphatic rings. The van der Waals surface area contributed by atoms with Crippen molar-refractivity contribution in [1.82, 2.24) is 0 Å². The van der Waals surface area contributed by atoms with Gasteiger partial charge in [0.05, 0.1) is 4.92 Å². The van der Waals surface area contributed by atoms with Gasteiger partial charge in [-0.25, -0.2) is 4.79 Å². The Hall–Kier alpha value is -3.89. The maximum Gasteiger partial charge on any atom is 0.423 e. The van der Waals surface area contributed by atoms with Gasteiger partial charge >= 0.3 is 11.8 Å². The first kappa shape index (κ1) is 19.9. The highest BCUT2D eigenvalue weighted by atomic mass is 19.4. The summed E-state index contributed by atoms with van der Waals surface area (Å²) in [6.45, 7) is -0.555. The lowest BCUT2D eigenvalue weighted by Crippen LogP contribution is -2.20. The molecule has 0 saturated heterocycles. The highest BCUT2D eigenvalue weighted by Gasteiger charge is 2.38. The summed E-state index contributed by atoms with van der Waals surface area (Å²) >= 11 is 0. The van der Waals surface area contributed by atoms with Gasteiger partial charge in [-0.3, -0.25) is 14.9 Å². The first-order valence-electron chi connectivity index (χ1n) is 7.96. The quantitative estimate of drug-likeness (QED) is 0.391. The van der Waals surface area contributed by atoms with Crippen LogP contribution in [0, 0.1) is 10.1 Å². The van der Waals surface area contributed by atoms with Crippen LogP contribution in [-0.4, -0.2) is 17.4 Å². The first-order chi connectivity index (χ1) is 13.6. The molecule has 8 nitrogen and oxygen atoms in total. The number of carbonyl (C=O) groups excluding carboxylic acids is 1. The summed E-state index contributed by atoms with van der Waals surface area (Å²) in [6, 6.07) is 9.40. The van der Waals surface area contributed by atoms with Crippen molar-refractivity contribution in [3.05, 3.63) is 74.6 Å². The Morgan fingerprint density at radius 2 is 1.86 bits per heavy atom. The fraction of sp³-hybridized carbons (Fsp3) is 0.111. The largest absolute Gasteiger partial charge is 0.484 e. The van der Waals surface area contributed by atoms with Crippen LogP contribution in [0.15, 0.2) is 57.7 Å². The van der Waals surface area contributed by atoms with Crippen molar-refractivity contribution >= 4 is 28.3 Å². The smallest absolute Gasteiger partial charge is 0.423 e. The SMILES string of the molecule is O=C(COc1ccc2ccc(=O)oc2c1)Nc1ccc([N+](=O)[O-])c(C(F)(F)F)c1. The predicted octanol–water partition coefficient (Wildman–Crippen LogP) is 3.74. The number of carbonyl (C=O) groups is 1. The van der Waals surface area contributed by atoms with Crippen molar-refractivity contribution < 1.29 is 32.0 Å². The summed E-state index contributed by atoms with van der Waals surface area (Å²) in [5.74, 6) is -0.594. The van der Waals surface area contributed by atoms with Crippen LogP contribution in [0.25, 0.3) is 11.0 Å². The highest BCUT2D eigenvalue weighted by molar-refractivity contribution is 5.92. The van der Waals surface area contributed by atoms with Crippen LogP contribution in [0.2, 0.25) is 0 Å². The number of halogens is 3. The third-order valence-electron chi connectivity index (χ3n) is 3.75. The predicted molar refractivity (Wildman–Crippen MR) is 94.7 cm³/mol. The number of nitrogens with zero attached hydrogens (tertiary/aromatic N) is 1. The molecule has 150 valence electrons. The lowest BCUT2D eigenvalue weighted by atomic mass is 10.1. The topological polar surface area (TPSA) is 112 Å². The number of benzene rings is 2. The number of anilines is 1. The molecule has 1 aromatic heterocycles. The Balaban J connectivity index is 1.71. The van der Waals surface area contributed by atoms with E-state index in [1.165, 1.54) is 18.2 Å². The number of nitro benzene ring substituents is 1. The van der Waals surface area contributed by atoms with Crippen LogP contribution in [0.4, 0.5) is 24.5 Å². The summed E-state index contributed by atoms with van der Waals surface area (Å²) in [5, 5.41) is 13.6. The molecule has 0 saturated carbocycles. The molecule has 1 heterocycles. The van der Waals surface area contributed by atoms with Gasteiger partial charge in [-0.1, -0.05) is 0 Å². The monoisotopic (exact) mass is 408 g/mol. The number of fused-ring (bicyclic) bond motifs is 1. The number of rotatable bonds is 5. The Kier molecular flexibility index (Phi) is 5.22. The molecule has 0 fully saturated rings. The summed E-state index contributed by atoms with van der Waals surface area (Å²) in [6.07, 6.45) is -4.96. The van der Waals surface area contributed by atoms with Gasteiger partial charge in [-0.2, -0.15) is 13.2 Å². The molecular weight excluding hydrogens is 397 g/mol. The van der Waals surface area contributed by atoms with Crippen LogP contribution >= 0.6 is 0 Å². The van der Waals surface area contributed by atoms with Crippen molar-refractivity contribution in [1.29, 1.82) is 0 Å². The Morgan fingerprint density at radius 3 is 2.55 bits per heavy atom. The molecule has 0 spiro atoms. The maximum atomic E-state index is 13.0. The van der Waals surface area contributed by atoms with Gasteiger partial charge in [0.2, 0.25) is 0 Å². The summed E-state index contributed by atoms with van der Waals surface area (Å²) in [7, 11) is 0. The highest BCUT2D eigenvalue weighted by Crippen LogP contribution is 2.37. The third kappa shape index (κ3) is 4.69. The third-order valence-corrected chi connectivity index (χ3v) is 3.75. The molecule has 2 aromatic carbocycles. The molecule has 1 N–H and O–H groups in total. The van der Waals surface area contributed by atoms with Crippen LogP contribution in [-0.2, 0) is 11.0 Å². The Morgan fingerprint density at radius 1 is 1.14 bits per heavy atom. The second-order valence-electron chi connectivity index (χ2n) is 5.78. The average Bonchev–Trinajstić information content (AvgIpc) is 2.65. The minimum Gasteiger partial charge on any atom is -0.484 e. The number of amides is 1. The van der Waals surface area contributed by atoms with Crippen LogP contribution in [0.3, 0.4) is 0 Å². The molecule has 1 amide bonds. The molecular formula is C18H11F3N2O6. The van der Waals surface area contributed by atoms with E-state index in [1.807, 2.05) is 0 Å². The van der Waals surface area contributed by atoms with Gasteiger partial charge < -0.3 is 14.5 Å². The van der Waals surface area contributed by atoms with E-state index >= 15 is 0 Å². The number of hydrogen-bond acceptors (Lipinski definition) is 6. The lowest BCUT2D eigenvalue weighted by Gasteiger charge is -2.11. The van der Waals surface area contributed by atoms with E-state index < -0.39 is 40.5 Å². The first-order valence-corrected chi connectivity index (χ1v) is 7.96. The van der Waals surface area contributed by atoms with E-state index in [9.17, 15) is 32.9 Å². The van der Waals surface area contributed by atoms with E-state index in [4.69, 9.17) is 9.15 Å². The standard InChI is InChI=1S/C18H11F3N2O6/c19-18(20,21)13-7-11(3-5-14(13)23(26)27)22-16(24)9-28-12-4-1-10-2-6-17(25)29-15(10)8-12/h1-8H,9H2,(H,22,24). The van der Waals surface area contributed by atoms with Gasteiger partial charge in [0.15, 0.2) is 6.61 Å². The summed E-state index contributed by atoms with van der Waals surface area (Å²) in [5.41, 5.74) is -3.21. The molecule has 0 aliphatic carbocycles. The Bertz CT molecular complexity index is 1160. The van der Waals surface area contributed by atoms with E-state index in [-0.39, 0.29) is 17.0 Å². The van der Waals surface area contributed by atoms with Crippen molar-refractivity contribution in [2.45, 2.75) is 6.18 Å². The van der Waals surface area contributed by atoms with Crippen molar-refractivity contribution in [3.63, 3.8) is 0 Å². The second kappa shape index (κ2) is 7.62. The zero-order valence-electron chi connectivity index (χ0n) is 14.4. The van der Waals surface area contributed by atoms with Crippen LogP contribution in [0.5, 0.6) is 5.75 Å². The lowest BCUT2D eigenvalue weighted by molar-refractivity contribution is -0.388. The van der Waals surface area contributed by atoms with Crippen molar-refractivity contribution in [2.75, 3.05) is 11.9 Å². The molecule has 0 atom stereocenters. The average molecular weight is 408 g/mol. The van der Waals surface area contributed by atoms with E-state index in [0.29, 0.717) is 17.5 Å². The number of hydrogen-bond donors (Lipinski definition) is 1. The van der Waals surface area contributed by atoms with Crippen molar-refractivity contribution in [3.8, 4) is 5.75 Å². The minimum atomic E-state index is -4.96. The Labute approximate surface area is 159 Å². The van der Waals surface area contributed by atoms with Gasteiger partial charge in [0, 0.05) is 29.3 Å².